The third-order valence-electron chi connectivity index (χ3n) is 2.85. The van der Waals surface area contributed by atoms with Gasteiger partial charge >= 0.3 is 0 Å². The number of nitrogens with one attached hydrogen (secondary N) is 1. The Morgan fingerprint density at radius 3 is 2.71 bits per heavy atom. The molecule has 1 N–H and O–H groups in total. The number of nitrogens with zero attached hydrogens (tertiary/aromatic N) is 2. The van der Waals surface area contributed by atoms with E-state index in [0.717, 1.165) is 10.6 Å². The van der Waals surface area contributed by atoms with Crippen molar-refractivity contribution in [3.63, 3.8) is 0 Å². The molecule has 21 heavy (non-hydrogen) atoms. The first-order valence-electron chi connectivity index (χ1n) is 6.49. The lowest BCUT2D eigenvalue weighted by Crippen LogP contribution is -2.16. The number of carbonyl (C=O) groups excluding carboxylic acids is 1. The van der Waals surface area contributed by atoms with Crippen LogP contribution >= 0.6 is 23.4 Å². The summed E-state index contributed by atoms with van der Waals surface area (Å²) in [4.78, 5) is 21.8. The van der Waals surface area contributed by atoms with Gasteiger partial charge in [-0.1, -0.05) is 37.6 Å². The van der Waals surface area contributed by atoms with Gasteiger partial charge in [0.1, 0.15) is 5.82 Å². The second-order valence-electron chi connectivity index (χ2n) is 4.73. The average Bonchev–Trinajstić information content (AvgIpc) is 2.47. The minimum atomic E-state index is -0.328. The summed E-state index contributed by atoms with van der Waals surface area (Å²) < 4.78 is 0. The van der Waals surface area contributed by atoms with E-state index >= 15 is 0 Å². The fraction of sp³-hybridized carbons (Fsp3) is 0.267. The number of aromatic nitrogens is 2. The molecule has 6 heteroatoms. The van der Waals surface area contributed by atoms with Gasteiger partial charge in [0.15, 0.2) is 5.69 Å². The summed E-state index contributed by atoms with van der Waals surface area (Å²) in [5, 5.41) is 3.10. The number of carbonyl (C=O) groups is 1. The molecule has 0 aliphatic carbocycles. The lowest BCUT2D eigenvalue weighted by atomic mass is 10.2. The highest BCUT2D eigenvalue weighted by atomic mass is 35.5. The Morgan fingerprint density at radius 2 is 2.05 bits per heavy atom. The molecule has 0 radical (unpaired) electrons. The first kappa shape index (κ1) is 15.8. The monoisotopic (exact) mass is 321 g/mol. The molecule has 0 spiro atoms. The Labute approximate surface area is 133 Å². The van der Waals surface area contributed by atoms with Gasteiger partial charge in [-0.05, 0) is 18.4 Å². The van der Waals surface area contributed by atoms with E-state index in [4.69, 9.17) is 11.6 Å². The fourth-order valence-electron chi connectivity index (χ4n) is 1.75. The molecule has 0 saturated heterocycles. The zero-order valence-electron chi connectivity index (χ0n) is 12.1. The summed E-state index contributed by atoms with van der Waals surface area (Å²) >= 11 is 7.61. The van der Waals surface area contributed by atoms with Crippen LogP contribution in [0.4, 0.5) is 5.69 Å². The molecular weight excluding hydrogens is 306 g/mol. The molecule has 0 aliphatic heterocycles. The van der Waals surface area contributed by atoms with Crippen LogP contribution in [0.5, 0.6) is 0 Å². The van der Waals surface area contributed by atoms with Crippen molar-refractivity contribution in [1.82, 2.24) is 9.97 Å². The summed E-state index contributed by atoms with van der Waals surface area (Å²) in [6, 6.07) is 7.59. The normalized spacial score (nSPS) is 10.7. The van der Waals surface area contributed by atoms with Crippen LogP contribution in [-0.4, -0.2) is 22.1 Å². The quantitative estimate of drug-likeness (QED) is 0.856. The Bertz CT molecular complexity index is 661. The third-order valence-corrected chi connectivity index (χ3v) is 3.92. The molecule has 4 nitrogen and oxygen atoms in total. The number of hydrogen-bond acceptors (Lipinski definition) is 4. The standard InChI is InChI=1S/C15H16ClN3OS/c1-9(2)14-17-8-10(16)13(19-14)15(20)18-11-6-4-5-7-12(11)21-3/h4-9H,1-3H3,(H,18,20). The molecule has 110 valence electrons. The molecular formula is C15H16ClN3OS. The van der Waals surface area contributed by atoms with Crippen molar-refractivity contribution in [3.05, 3.63) is 47.0 Å². The zero-order chi connectivity index (χ0) is 15.4. The van der Waals surface area contributed by atoms with E-state index < -0.39 is 0 Å². The minimum absolute atomic E-state index is 0.132. The van der Waals surface area contributed by atoms with E-state index in [2.05, 4.69) is 15.3 Å². The highest BCUT2D eigenvalue weighted by molar-refractivity contribution is 7.98. The highest BCUT2D eigenvalue weighted by Crippen LogP contribution is 2.25. The summed E-state index contributed by atoms with van der Waals surface area (Å²) in [6.45, 7) is 3.93. The molecule has 1 aromatic carbocycles. The molecule has 2 rings (SSSR count). The van der Waals surface area contributed by atoms with E-state index in [-0.39, 0.29) is 22.5 Å². The van der Waals surface area contributed by atoms with Crippen molar-refractivity contribution in [2.24, 2.45) is 0 Å². The number of rotatable bonds is 4. The maximum absolute atomic E-state index is 12.4. The fourth-order valence-corrected chi connectivity index (χ4v) is 2.48. The molecule has 0 aliphatic rings. The molecule has 1 aromatic heterocycles. The van der Waals surface area contributed by atoms with Gasteiger partial charge in [0.2, 0.25) is 0 Å². The van der Waals surface area contributed by atoms with Crippen LogP contribution in [0.1, 0.15) is 36.1 Å². The largest absolute Gasteiger partial charge is 0.320 e. The maximum atomic E-state index is 12.4. The molecule has 0 unspecified atom stereocenters. The van der Waals surface area contributed by atoms with E-state index in [9.17, 15) is 4.79 Å². The predicted molar refractivity (Wildman–Crippen MR) is 87.3 cm³/mol. The lowest BCUT2D eigenvalue weighted by molar-refractivity contribution is 0.102. The van der Waals surface area contributed by atoms with E-state index in [1.165, 1.54) is 6.20 Å². The van der Waals surface area contributed by atoms with Gasteiger partial charge in [0.25, 0.3) is 5.91 Å². The van der Waals surface area contributed by atoms with Gasteiger partial charge in [-0.3, -0.25) is 4.79 Å². The summed E-state index contributed by atoms with van der Waals surface area (Å²) in [5.74, 6) is 0.404. The number of thioether (sulfide) groups is 1. The van der Waals surface area contributed by atoms with Crippen LogP contribution in [0.15, 0.2) is 35.4 Å². The van der Waals surface area contributed by atoms with Gasteiger partial charge in [0.05, 0.1) is 16.9 Å². The smallest absolute Gasteiger partial charge is 0.275 e. The van der Waals surface area contributed by atoms with Gasteiger partial charge in [-0.2, -0.15) is 0 Å². The number of para-hydroxylation sites is 1. The summed E-state index contributed by atoms with van der Waals surface area (Å²) in [7, 11) is 0. The number of amides is 1. The Balaban J connectivity index is 2.30. The predicted octanol–water partition coefficient (Wildman–Crippen LogP) is 4.23. The Kier molecular flexibility index (Phi) is 5.20. The van der Waals surface area contributed by atoms with Crippen LogP contribution in [-0.2, 0) is 0 Å². The first-order chi connectivity index (χ1) is 10.0. The molecule has 0 bridgehead atoms. The lowest BCUT2D eigenvalue weighted by Gasteiger charge is -2.11. The van der Waals surface area contributed by atoms with Crippen molar-refractivity contribution in [2.75, 3.05) is 11.6 Å². The van der Waals surface area contributed by atoms with Crippen molar-refractivity contribution in [3.8, 4) is 0 Å². The first-order valence-corrected chi connectivity index (χ1v) is 8.10. The molecule has 2 aromatic rings. The third kappa shape index (κ3) is 3.74. The second-order valence-corrected chi connectivity index (χ2v) is 5.99. The maximum Gasteiger partial charge on any atom is 0.275 e. The van der Waals surface area contributed by atoms with Crippen molar-refractivity contribution in [2.45, 2.75) is 24.7 Å². The van der Waals surface area contributed by atoms with Gasteiger partial charge in [0, 0.05) is 10.8 Å². The van der Waals surface area contributed by atoms with Crippen LogP contribution in [0.25, 0.3) is 0 Å². The average molecular weight is 322 g/mol. The Morgan fingerprint density at radius 1 is 1.33 bits per heavy atom. The van der Waals surface area contributed by atoms with E-state index in [0.29, 0.717) is 5.82 Å². The molecule has 0 atom stereocenters. The van der Waals surface area contributed by atoms with Crippen LogP contribution < -0.4 is 5.32 Å². The number of halogens is 1. The number of anilines is 1. The van der Waals surface area contributed by atoms with Gasteiger partial charge in [-0.25, -0.2) is 9.97 Å². The van der Waals surface area contributed by atoms with E-state index in [1.54, 1.807) is 11.8 Å². The van der Waals surface area contributed by atoms with Crippen molar-refractivity contribution >= 4 is 35.0 Å². The van der Waals surface area contributed by atoms with Crippen LogP contribution in [0, 0.1) is 0 Å². The van der Waals surface area contributed by atoms with Gasteiger partial charge in [-0.15, -0.1) is 11.8 Å². The SMILES string of the molecule is CSc1ccccc1NC(=O)c1nc(C(C)C)ncc1Cl. The number of hydrogen-bond donors (Lipinski definition) is 1. The molecule has 0 fully saturated rings. The molecule has 1 heterocycles. The van der Waals surface area contributed by atoms with Crippen molar-refractivity contribution < 1.29 is 4.79 Å². The van der Waals surface area contributed by atoms with Crippen LogP contribution in [0.2, 0.25) is 5.02 Å². The molecule has 0 saturated carbocycles. The van der Waals surface area contributed by atoms with Gasteiger partial charge < -0.3 is 5.32 Å². The minimum Gasteiger partial charge on any atom is -0.320 e. The second kappa shape index (κ2) is 6.91. The topological polar surface area (TPSA) is 54.9 Å². The molecule has 1 amide bonds. The zero-order valence-corrected chi connectivity index (χ0v) is 13.6. The Hall–Kier alpha value is -1.59. The van der Waals surface area contributed by atoms with Crippen LogP contribution in [0.3, 0.4) is 0 Å². The van der Waals surface area contributed by atoms with Crippen molar-refractivity contribution in [1.29, 1.82) is 0 Å². The summed E-state index contributed by atoms with van der Waals surface area (Å²) in [6.07, 6.45) is 3.43. The summed E-state index contributed by atoms with van der Waals surface area (Å²) in [5.41, 5.74) is 0.946. The highest BCUT2D eigenvalue weighted by Gasteiger charge is 2.16. The van der Waals surface area contributed by atoms with E-state index in [1.807, 2.05) is 44.4 Å². The number of benzene rings is 1.